The van der Waals surface area contributed by atoms with Crippen LogP contribution in [0, 0.1) is 5.82 Å². The lowest BCUT2D eigenvalue weighted by atomic mass is 10.2. The molecule has 0 N–H and O–H groups in total. The van der Waals surface area contributed by atoms with Crippen LogP contribution < -0.4 is 4.74 Å². The Balaban J connectivity index is 2.10. The third-order valence-corrected chi connectivity index (χ3v) is 4.20. The lowest BCUT2D eigenvalue weighted by Gasteiger charge is -2.09. The number of nitrogens with zero attached hydrogens (tertiary/aromatic N) is 2. The first-order valence-corrected chi connectivity index (χ1v) is 7.80. The Morgan fingerprint density at radius 2 is 2.20 bits per heavy atom. The van der Waals surface area contributed by atoms with Gasteiger partial charge < -0.3 is 9.30 Å². The molecule has 1 unspecified atom stereocenters. The van der Waals surface area contributed by atoms with Crippen molar-refractivity contribution >= 4 is 10.8 Å². The Hall–Kier alpha value is -1.69. The van der Waals surface area contributed by atoms with E-state index in [1.54, 1.807) is 12.3 Å². The van der Waals surface area contributed by atoms with Crippen molar-refractivity contribution in [3.8, 4) is 5.75 Å². The minimum Gasteiger partial charge on any atom is -0.496 e. The van der Waals surface area contributed by atoms with Gasteiger partial charge in [0, 0.05) is 35.3 Å². The molecular weight excluding hydrogens is 279 g/mol. The first-order chi connectivity index (χ1) is 9.63. The standard InChI is InChI=1S/C14H17FN2O2S/c1-3-17-7-6-16-14(17)10-20(18)9-11-8-12(15)4-5-13(11)19-2/h4-8H,3,9-10H2,1-2H3. The van der Waals surface area contributed by atoms with E-state index in [0.717, 1.165) is 12.4 Å². The zero-order valence-corrected chi connectivity index (χ0v) is 12.3. The molecule has 0 radical (unpaired) electrons. The minimum atomic E-state index is -1.16. The molecule has 1 aromatic carbocycles. The Labute approximate surface area is 120 Å². The maximum atomic E-state index is 13.3. The molecule has 1 aromatic heterocycles. The van der Waals surface area contributed by atoms with Gasteiger partial charge in [-0.2, -0.15) is 0 Å². The third kappa shape index (κ3) is 3.45. The summed E-state index contributed by atoms with van der Waals surface area (Å²) in [6.07, 6.45) is 3.55. The van der Waals surface area contributed by atoms with E-state index in [4.69, 9.17) is 4.74 Å². The molecule has 0 amide bonds. The van der Waals surface area contributed by atoms with Crippen LogP contribution in [0.4, 0.5) is 4.39 Å². The Morgan fingerprint density at radius 1 is 1.40 bits per heavy atom. The number of ether oxygens (including phenoxy) is 1. The quantitative estimate of drug-likeness (QED) is 0.822. The highest BCUT2D eigenvalue weighted by Gasteiger charge is 2.12. The van der Waals surface area contributed by atoms with Crippen LogP contribution in [0.25, 0.3) is 0 Å². The number of hydrogen-bond donors (Lipinski definition) is 0. The highest BCUT2D eigenvalue weighted by Crippen LogP contribution is 2.21. The SMILES string of the molecule is CCn1ccnc1CS(=O)Cc1cc(F)ccc1OC. The van der Waals surface area contributed by atoms with Crippen molar-refractivity contribution in [3.05, 3.63) is 47.8 Å². The van der Waals surface area contributed by atoms with Crippen LogP contribution in [0.15, 0.2) is 30.6 Å². The van der Waals surface area contributed by atoms with E-state index in [1.165, 1.54) is 19.2 Å². The van der Waals surface area contributed by atoms with E-state index in [2.05, 4.69) is 4.98 Å². The first kappa shape index (κ1) is 14.7. The molecule has 2 aromatic rings. The van der Waals surface area contributed by atoms with Crippen LogP contribution in [0.2, 0.25) is 0 Å². The molecule has 2 rings (SSSR count). The molecule has 1 atom stereocenters. The predicted molar refractivity (Wildman–Crippen MR) is 76.4 cm³/mol. The fourth-order valence-electron chi connectivity index (χ4n) is 2.00. The molecule has 0 aliphatic heterocycles. The molecular formula is C14H17FN2O2S. The second kappa shape index (κ2) is 6.65. The molecule has 6 heteroatoms. The number of rotatable bonds is 6. The lowest BCUT2D eigenvalue weighted by molar-refractivity contribution is 0.410. The third-order valence-electron chi connectivity index (χ3n) is 2.99. The van der Waals surface area contributed by atoms with Crippen molar-refractivity contribution in [3.63, 3.8) is 0 Å². The summed E-state index contributed by atoms with van der Waals surface area (Å²) in [5, 5.41) is 0. The Bertz CT molecular complexity index is 613. The van der Waals surface area contributed by atoms with Crippen molar-refractivity contribution in [2.45, 2.75) is 25.0 Å². The van der Waals surface area contributed by atoms with E-state index in [0.29, 0.717) is 17.1 Å². The van der Waals surface area contributed by atoms with Gasteiger partial charge in [0.05, 0.1) is 18.6 Å². The van der Waals surface area contributed by atoms with Gasteiger partial charge in [-0.1, -0.05) is 0 Å². The predicted octanol–water partition coefficient (Wildman–Crippen LogP) is 2.50. The number of aryl methyl sites for hydroxylation is 1. The number of imidazole rings is 1. The largest absolute Gasteiger partial charge is 0.496 e. The fraction of sp³-hybridized carbons (Fsp3) is 0.357. The van der Waals surface area contributed by atoms with E-state index < -0.39 is 10.8 Å². The van der Waals surface area contributed by atoms with Crippen LogP contribution >= 0.6 is 0 Å². The van der Waals surface area contributed by atoms with Crippen LogP contribution in [0.3, 0.4) is 0 Å². The van der Waals surface area contributed by atoms with Crippen LogP contribution in [0.1, 0.15) is 18.3 Å². The van der Waals surface area contributed by atoms with Crippen molar-refractivity contribution in [1.29, 1.82) is 0 Å². The van der Waals surface area contributed by atoms with Crippen LogP contribution in [0.5, 0.6) is 5.75 Å². The molecule has 108 valence electrons. The van der Waals surface area contributed by atoms with Crippen molar-refractivity contribution in [2.24, 2.45) is 0 Å². The number of aromatic nitrogens is 2. The van der Waals surface area contributed by atoms with E-state index in [-0.39, 0.29) is 11.6 Å². The van der Waals surface area contributed by atoms with Gasteiger partial charge in [-0.05, 0) is 25.1 Å². The molecule has 20 heavy (non-hydrogen) atoms. The highest BCUT2D eigenvalue weighted by atomic mass is 32.2. The smallest absolute Gasteiger partial charge is 0.123 e. The van der Waals surface area contributed by atoms with Gasteiger partial charge in [0.25, 0.3) is 0 Å². The Morgan fingerprint density at radius 3 is 2.90 bits per heavy atom. The number of hydrogen-bond acceptors (Lipinski definition) is 3. The van der Waals surface area contributed by atoms with Gasteiger partial charge in [-0.3, -0.25) is 4.21 Å². The van der Waals surface area contributed by atoms with Gasteiger partial charge in [0.15, 0.2) is 0 Å². The number of halogens is 1. The topological polar surface area (TPSA) is 44.1 Å². The number of methoxy groups -OCH3 is 1. The summed E-state index contributed by atoms with van der Waals surface area (Å²) in [5.74, 6) is 1.57. The molecule has 0 saturated heterocycles. The summed E-state index contributed by atoms with van der Waals surface area (Å²) in [5.41, 5.74) is 0.612. The summed E-state index contributed by atoms with van der Waals surface area (Å²) in [6, 6.07) is 4.24. The fourth-order valence-corrected chi connectivity index (χ4v) is 3.20. The monoisotopic (exact) mass is 296 g/mol. The van der Waals surface area contributed by atoms with Gasteiger partial charge >= 0.3 is 0 Å². The summed E-state index contributed by atoms with van der Waals surface area (Å²) < 4.78 is 32.6. The average molecular weight is 296 g/mol. The molecule has 0 spiro atoms. The molecule has 0 fully saturated rings. The maximum Gasteiger partial charge on any atom is 0.123 e. The lowest BCUT2D eigenvalue weighted by Crippen LogP contribution is -2.07. The summed E-state index contributed by atoms with van der Waals surface area (Å²) in [7, 11) is 0.355. The molecule has 0 aliphatic carbocycles. The van der Waals surface area contributed by atoms with Gasteiger partial charge in [0.1, 0.15) is 17.4 Å². The summed E-state index contributed by atoms with van der Waals surface area (Å²) >= 11 is 0. The summed E-state index contributed by atoms with van der Waals surface area (Å²) in [4.78, 5) is 4.19. The van der Waals surface area contributed by atoms with Crippen molar-refractivity contribution in [1.82, 2.24) is 9.55 Å². The van der Waals surface area contributed by atoms with Crippen molar-refractivity contribution in [2.75, 3.05) is 7.11 Å². The van der Waals surface area contributed by atoms with E-state index in [9.17, 15) is 8.60 Å². The second-order valence-electron chi connectivity index (χ2n) is 4.31. The average Bonchev–Trinajstić information content (AvgIpc) is 2.86. The zero-order valence-electron chi connectivity index (χ0n) is 11.5. The second-order valence-corrected chi connectivity index (χ2v) is 5.77. The Kier molecular flexibility index (Phi) is 4.89. The van der Waals surface area contributed by atoms with Gasteiger partial charge in [-0.15, -0.1) is 0 Å². The number of benzene rings is 1. The molecule has 1 heterocycles. The summed E-state index contributed by atoms with van der Waals surface area (Å²) in [6.45, 7) is 2.79. The zero-order chi connectivity index (χ0) is 14.5. The van der Waals surface area contributed by atoms with Crippen LogP contribution in [-0.4, -0.2) is 20.9 Å². The van der Waals surface area contributed by atoms with Gasteiger partial charge in [0.2, 0.25) is 0 Å². The maximum absolute atomic E-state index is 13.3. The van der Waals surface area contributed by atoms with Gasteiger partial charge in [-0.25, -0.2) is 9.37 Å². The highest BCUT2D eigenvalue weighted by molar-refractivity contribution is 7.83. The van der Waals surface area contributed by atoms with E-state index in [1.807, 2.05) is 17.7 Å². The van der Waals surface area contributed by atoms with E-state index >= 15 is 0 Å². The first-order valence-electron chi connectivity index (χ1n) is 6.31. The molecule has 0 aliphatic rings. The normalized spacial score (nSPS) is 12.3. The minimum absolute atomic E-state index is 0.248. The molecule has 4 nitrogen and oxygen atoms in total. The molecule has 0 saturated carbocycles. The van der Waals surface area contributed by atoms with Crippen molar-refractivity contribution < 1.29 is 13.3 Å². The molecule has 0 bridgehead atoms. The van der Waals surface area contributed by atoms with Crippen LogP contribution in [-0.2, 0) is 28.9 Å².